The first-order valence-corrected chi connectivity index (χ1v) is 13.4. The van der Waals surface area contributed by atoms with E-state index < -0.39 is 6.04 Å². The zero-order chi connectivity index (χ0) is 26.3. The van der Waals surface area contributed by atoms with Crippen LogP contribution in [-0.4, -0.2) is 76.8 Å². The minimum atomic E-state index is -0.849. The quantitative estimate of drug-likeness (QED) is 0.413. The van der Waals surface area contributed by atoms with Crippen molar-refractivity contribution >= 4 is 22.8 Å². The molecular formula is C28H35N5O5. The Morgan fingerprint density at radius 2 is 1.82 bits per heavy atom. The lowest BCUT2D eigenvalue weighted by atomic mass is 10.0. The fourth-order valence-corrected chi connectivity index (χ4v) is 5.11. The number of benzene rings is 2. The molecule has 2 fully saturated rings. The third-order valence-electron chi connectivity index (χ3n) is 7.04. The van der Waals surface area contributed by atoms with Crippen molar-refractivity contribution < 1.29 is 23.8 Å². The number of fused-ring (bicyclic) bond motifs is 1. The Balaban J connectivity index is 1.44. The molecule has 1 N–H and O–H groups in total. The van der Waals surface area contributed by atoms with Crippen LogP contribution in [0.25, 0.3) is 11.0 Å². The highest BCUT2D eigenvalue weighted by Gasteiger charge is 2.35. The molecule has 0 bridgehead atoms. The van der Waals surface area contributed by atoms with Gasteiger partial charge in [-0.15, -0.1) is 5.10 Å². The average Bonchev–Trinajstić information content (AvgIpc) is 3.71. The first-order valence-electron chi connectivity index (χ1n) is 13.4. The number of nitrogens with zero attached hydrogens (tertiary/aromatic N) is 4. The van der Waals surface area contributed by atoms with Crippen LogP contribution in [-0.2, 0) is 25.6 Å². The first kappa shape index (κ1) is 26.1. The van der Waals surface area contributed by atoms with Crippen LogP contribution in [0.4, 0.5) is 0 Å². The van der Waals surface area contributed by atoms with Crippen molar-refractivity contribution in [1.82, 2.24) is 25.2 Å². The monoisotopic (exact) mass is 521 g/mol. The Morgan fingerprint density at radius 3 is 2.53 bits per heavy atom. The summed E-state index contributed by atoms with van der Waals surface area (Å²) in [6.45, 7) is 4.49. The summed E-state index contributed by atoms with van der Waals surface area (Å²) in [6.07, 6.45) is 3.51. The minimum absolute atomic E-state index is 0.0104. The van der Waals surface area contributed by atoms with Crippen molar-refractivity contribution in [1.29, 1.82) is 0 Å². The van der Waals surface area contributed by atoms with Gasteiger partial charge in [0, 0.05) is 26.3 Å². The normalized spacial score (nSPS) is 19.9. The zero-order valence-electron chi connectivity index (χ0n) is 21.8. The van der Waals surface area contributed by atoms with E-state index in [-0.39, 0.29) is 30.6 Å². The van der Waals surface area contributed by atoms with E-state index in [1.54, 1.807) is 9.58 Å². The molecule has 0 aliphatic carbocycles. The van der Waals surface area contributed by atoms with Crippen LogP contribution in [0.1, 0.15) is 44.2 Å². The van der Waals surface area contributed by atoms with E-state index >= 15 is 0 Å². The van der Waals surface area contributed by atoms with Gasteiger partial charge in [0.1, 0.15) is 23.9 Å². The molecule has 2 aromatic carbocycles. The maximum Gasteiger partial charge on any atom is 0.247 e. The van der Waals surface area contributed by atoms with E-state index in [9.17, 15) is 9.59 Å². The molecule has 0 radical (unpaired) electrons. The molecule has 2 aliphatic rings. The second kappa shape index (κ2) is 12.4. The third kappa shape index (κ3) is 6.14. The maximum atomic E-state index is 13.9. The summed E-state index contributed by atoms with van der Waals surface area (Å²) in [5.74, 6) is 0.225. The standard InChI is InChI=1S/C28H35N5O5/c1-2-36-21-13-11-20(12-14-21)27(28(35)29-17-22-7-5-15-37-22)32(18-23-8-6-16-38-23)26(34)19-33-25-10-4-3-9-24(25)30-31-33/h3-4,9-14,22-23,27H,2,5-8,15-19H2,1H3,(H,29,35)/t22-,23+,27-/m1/s1. The van der Waals surface area contributed by atoms with Crippen LogP contribution >= 0.6 is 0 Å². The average molecular weight is 522 g/mol. The summed E-state index contributed by atoms with van der Waals surface area (Å²) in [6, 6.07) is 14.0. The highest BCUT2D eigenvalue weighted by molar-refractivity contribution is 5.89. The van der Waals surface area contributed by atoms with E-state index in [4.69, 9.17) is 14.2 Å². The van der Waals surface area contributed by atoms with E-state index in [0.717, 1.165) is 31.2 Å². The van der Waals surface area contributed by atoms with Gasteiger partial charge < -0.3 is 24.4 Å². The minimum Gasteiger partial charge on any atom is -0.494 e. The number of hydrogen-bond donors (Lipinski definition) is 1. The Morgan fingerprint density at radius 1 is 1.08 bits per heavy atom. The number of rotatable bonds is 11. The molecule has 0 saturated carbocycles. The molecule has 2 saturated heterocycles. The Bertz CT molecular complexity index is 1220. The van der Waals surface area contributed by atoms with E-state index in [1.165, 1.54) is 0 Å². The van der Waals surface area contributed by atoms with E-state index in [1.807, 2.05) is 55.5 Å². The zero-order valence-corrected chi connectivity index (χ0v) is 21.8. The molecule has 0 spiro atoms. The number of carbonyl (C=O) groups is 2. The molecule has 10 heteroatoms. The second-order valence-corrected chi connectivity index (χ2v) is 9.70. The Kier molecular flexibility index (Phi) is 8.50. The molecule has 5 rings (SSSR count). The van der Waals surface area contributed by atoms with Gasteiger partial charge in [-0.05, 0) is 62.4 Å². The molecular weight excluding hydrogens is 486 g/mol. The molecule has 2 amide bonds. The highest BCUT2D eigenvalue weighted by atomic mass is 16.5. The van der Waals surface area contributed by atoms with Gasteiger partial charge in [0.05, 0.1) is 24.3 Å². The van der Waals surface area contributed by atoms with Crippen LogP contribution in [0, 0.1) is 0 Å². The fraction of sp³-hybridized carbons (Fsp3) is 0.500. The smallest absolute Gasteiger partial charge is 0.247 e. The summed E-state index contributed by atoms with van der Waals surface area (Å²) in [4.78, 5) is 29.4. The predicted molar refractivity (Wildman–Crippen MR) is 141 cm³/mol. The van der Waals surface area contributed by atoms with E-state index in [0.29, 0.717) is 49.7 Å². The number of aromatic nitrogens is 3. The summed E-state index contributed by atoms with van der Waals surface area (Å²) in [5.41, 5.74) is 2.18. The van der Waals surface area contributed by atoms with Gasteiger partial charge >= 0.3 is 0 Å². The number of para-hydroxylation sites is 1. The molecule has 1 aromatic heterocycles. The summed E-state index contributed by atoms with van der Waals surface area (Å²) in [5, 5.41) is 11.4. The van der Waals surface area contributed by atoms with Crippen molar-refractivity contribution in [3.8, 4) is 5.75 Å². The van der Waals surface area contributed by atoms with Crippen LogP contribution in [0.5, 0.6) is 5.75 Å². The van der Waals surface area contributed by atoms with E-state index in [2.05, 4.69) is 15.6 Å². The van der Waals surface area contributed by atoms with Gasteiger partial charge in [0.2, 0.25) is 11.8 Å². The van der Waals surface area contributed by atoms with Crippen molar-refractivity contribution in [3.63, 3.8) is 0 Å². The molecule has 38 heavy (non-hydrogen) atoms. The van der Waals surface area contributed by atoms with Crippen molar-refractivity contribution in [2.24, 2.45) is 0 Å². The lowest BCUT2D eigenvalue weighted by molar-refractivity contribution is -0.143. The summed E-state index contributed by atoms with van der Waals surface area (Å²) >= 11 is 0. The van der Waals surface area contributed by atoms with Crippen LogP contribution in [0.3, 0.4) is 0 Å². The molecule has 3 heterocycles. The van der Waals surface area contributed by atoms with Crippen molar-refractivity contribution in [3.05, 3.63) is 54.1 Å². The molecule has 3 atom stereocenters. The molecule has 10 nitrogen and oxygen atoms in total. The first-order chi connectivity index (χ1) is 18.6. The number of hydrogen-bond acceptors (Lipinski definition) is 7. The van der Waals surface area contributed by atoms with Crippen LogP contribution < -0.4 is 10.1 Å². The third-order valence-corrected chi connectivity index (χ3v) is 7.04. The SMILES string of the molecule is CCOc1ccc([C@H](C(=O)NC[C@H]2CCCO2)N(C[C@@H]2CCCO2)C(=O)Cn2nnc3ccccc32)cc1. The number of ether oxygens (including phenoxy) is 3. The van der Waals surface area contributed by atoms with Crippen LogP contribution in [0.15, 0.2) is 48.5 Å². The Hall–Kier alpha value is -3.50. The molecule has 2 aliphatic heterocycles. The highest BCUT2D eigenvalue weighted by Crippen LogP contribution is 2.27. The molecule has 0 unspecified atom stereocenters. The van der Waals surface area contributed by atoms with Gasteiger partial charge in [0.15, 0.2) is 0 Å². The maximum absolute atomic E-state index is 13.9. The predicted octanol–water partition coefficient (Wildman–Crippen LogP) is 2.87. The second-order valence-electron chi connectivity index (χ2n) is 9.70. The Labute approximate surface area is 222 Å². The molecule has 3 aromatic rings. The number of carbonyl (C=O) groups excluding carboxylic acids is 2. The van der Waals surface area contributed by atoms with Gasteiger partial charge in [-0.3, -0.25) is 9.59 Å². The summed E-state index contributed by atoms with van der Waals surface area (Å²) < 4.78 is 18.8. The number of amides is 2. The molecule has 202 valence electrons. The van der Waals surface area contributed by atoms with Crippen LogP contribution in [0.2, 0.25) is 0 Å². The van der Waals surface area contributed by atoms with Gasteiger partial charge in [-0.2, -0.15) is 0 Å². The topological polar surface area (TPSA) is 108 Å². The van der Waals surface area contributed by atoms with Gasteiger partial charge in [-0.25, -0.2) is 4.68 Å². The fourth-order valence-electron chi connectivity index (χ4n) is 5.11. The lowest BCUT2D eigenvalue weighted by Crippen LogP contribution is -2.48. The summed E-state index contributed by atoms with van der Waals surface area (Å²) in [7, 11) is 0. The van der Waals surface area contributed by atoms with Crippen molar-refractivity contribution in [2.45, 2.75) is 57.4 Å². The largest absolute Gasteiger partial charge is 0.494 e. The number of nitrogens with one attached hydrogen (secondary N) is 1. The lowest BCUT2D eigenvalue weighted by Gasteiger charge is -2.33. The van der Waals surface area contributed by atoms with Crippen molar-refractivity contribution in [2.75, 3.05) is 32.9 Å². The van der Waals surface area contributed by atoms with Gasteiger partial charge in [0.25, 0.3) is 0 Å². The van der Waals surface area contributed by atoms with Gasteiger partial charge in [-0.1, -0.05) is 29.5 Å².